The molecule has 1 aliphatic rings. The molecule has 0 saturated carbocycles. The van der Waals surface area contributed by atoms with Crippen molar-refractivity contribution < 1.29 is 22.7 Å². The van der Waals surface area contributed by atoms with Gasteiger partial charge in [-0.3, -0.25) is 4.79 Å². The van der Waals surface area contributed by atoms with Crippen LogP contribution in [0.2, 0.25) is 5.02 Å². The maximum Gasteiger partial charge on any atom is 0.290 e. The largest absolute Gasteiger partial charge is 0.502 e. The van der Waals surface area contributed by atoms with E-state index in [1.165, 1.54) is 41.3 Å². The molecule has 0 aromatic heterocycles. The molecule has 1 amide bonds. The number of benzene rings is 3. The summed E-state index contributed by atoms with van der Waals surface area (Å²) in [6.45, 7) is 1.80. The highest BCUT2D eigenvalue weighted by Crippen LogP contribution is 2.43. The van der Waals surface area contributed by atoms with Crippen LogP contribution in [0.5, 0.6) is 0 Å². The Bertz CT molecular complexity index is 1300. The summed E-state index contributed by atoms with van der Waals surface area (Å²) in [5.74, 6) is -2.08. The molecule has 0 aliphatic carbocycles. The van der Waals surface area contributed by atoms with Gasteiger partial charge >= 0.3 is 0 Å². The minimum absolute atomic E-state index is 0.0244. The molecule has 0 saturated heterocycles. The van der Waals surface area contributed by atoms with Crippen LogP contribution in [0.25, 0.3) is 0 Å². The van der Waals surface area contributed by atoms with Gasteiger partial charge in [-0.1, -0.05) is 53.6 Å². The third-order valence-electron chi connectivity index (χ3n) is 5.33. The van der Waals surface area contributed by atoms with Gasteiger partial charge in [-0.15, -0.1) is 0 Å². The minimum Gasteiger partial charge on any atom is -0.502 e. The van der Waals surface area contributed by atoms with Crippen LogP contribution < -0.4 is 0 Å². The molecule has 0 spiro atoms. The van der Waals surface area contributed by atoms with Crippen molar-refractivity contribution in [3.8, 4) is 0 Å². The van der Waals surface area contributed by atoms with Crippen LogP contribution in [0.3, 0.4) is 0 Å². The lowest BCUT2D eigenvalue weighted by molar-refractivity contribution is -0.130. The minimum atomic E-state index is -4.20. The van der Waals surface area contributed by atoms with Gasteiger partial charge in [0, 0.05) is 11.6 Å². The second-order valence-corrected chi connectivity index (χ2v) is 9.90. The van der Waals surface area contributed by atoms with Crippen LogP contribution in [-0.4, -0.2) is 24.3 Å². The highest BCUT2D eigenvalue weighted by Gasteiger charge is 2.46. The second kappa shape index (κ2) is 8.41. The van der Waals surface area contributed by atoms with Crippen molar-refractivity contribution in [1.29, 1.82) is 0 Å². The number of aryl methyl sites for hydroxylation is 1. The lowest BCUT2D eigenvalue weighted by atomic mass is 10.1. The molecule has 0 radical (unpaired) electrons. The molecule has 0 fully saturated rings. The fourth-order valence-corrected chi connectivity index (χ4v) is 5.45. The van der Waals surface area contributed by atoms with Gasteiger partial charge in [0.2, 0.25) is 9.84 Å². The van der Waals surface area contributed by atoms with Gasteiger partial charge in [-0.05, 0) is 54.4 Å². The summed E-state index contributed by atoms with van der Waals surface area (Å²) < 4.78 is 40.4. The van der Waals surface area contributed by atoms with E-state index >= 15 is 0 Å². The van der Waals surface area contributed by atoms with Crippen LogP contribution in [-0.2, 0) is 21.2 Å². The van der Waals surface area contributed by atoms with Crippen molar-refractivity contribution in [1.82, 2.24) is 4.90 Å². The quantitative estimate of drug-likeness (QED) is 0.560. The van der Waals surface area contributed by atoms with E-state index in [4.69, 9.17) is 11.6 Å². The summed E-state index contributed by atoms with van der Waals surface area (Å²) in [5.41, 5.74) is 1.93. The number of sulfone groups is 1. The lowest BCUT2D eigenvalue weighted by Crippen LogP contribution is -2.30. The first-order valence-corrected chi connectivity index (χ1v) is 11.6. The van der Waals surface area contributed by atoms with E-state index in [1.54, 1.807) is 36.4 Å². The van der Waals surface area contributed by atoms with E-state index < -0.39 is 38.3 Å². The zero-order chi connectivity index (χ0) is 23.0. The number of aliphatic hydroxyl groups excluding tert-OH is 1. The number of carbonyl (C=O) groups is 1. The Labute approximate surface area is 190 Å². The van der Waals surface area contributed by atoms with Crippen LogP contribution in [0, 0.1) is 12.7 Å². The van der Waals surface area contributed by atoms with Crippen molar-refractivity contribution >= 4 is 27.3 Å². The Morgan fingerprint density at radius 2 is 1.56 bits per heavy atom. The van der Waals surface area contributed by atoms with Gasteiger partial charge in [0.25, 0.3) is 5.91 Å². The van der Waals surface area contributed by atoms with Crippen LogP contribution in [0.1, 0.15) is 22.7 Å². The fraction of sp³-hybridized carbons (Fsp3) is 0.125. The molecule has 1 aliphatic heterocycles. The normalized spacial score (nSPS) is 16.7. The first-order chi connectivity index (χ1) is 15.2. The van der Waals surface area contributed by atoms with Gasteiger partial charge in [0.05, 0.1) is 10.9 Å². The number of hydrogen-bond acceptors (Lipinski definition) is 4. The topological polar surface area (TPSA) is 74.7 Å². The molecule has 4 rings (SSSR count). The molecule has 3 aromatic rings. The highest BCUT2D eigenvalue weighted by atomic mass is 35.5. The Kier molecular flexibility index (Phi) is 5.79. The van der Waals surface area contributed by atoms with Crippen molar-refractivity contribution in [3.05, 3.63) is 111 Å². The third kappa shape index (κ3) is 4.01. The van der Waals surface area contributed by atoms with Crippen molar-refractivity contribution in [2.45, 2.75) is 24.4 Å². The summed E-state index contributed by atoms with van der Waals surface area (Å²) in [7, 11) is -4.20. The molecule has 32 heavy (non-hydrogen) atoms. The number of carbonyl (C=O) groups excluding carboxylic acids is 1. The van der Waals surface area contributed by atoms with Gasteiger partial charge < -0.3 is 10.0 Å². The summed E-state index contributed by atoms with van der Waals surface area (Å²) in [6.07, 6.45) is 0. The number of amides is 1. The van der Waals surface area contributed by atoms with E-state index in [-0.39, 0.29) is 11.4 Å². The first kappa shape index (κ1) is 22.0. The van der Waals surface area contributed by atoms with Gasteiger partial charge in [0.15, 0.2) is 5.76 Å². The lowest BCUT2D eigenvalue weighted by Gasteiger charge is -2.27. The molecule has 1 atom stereocenters. The summed E-state index contributed by atoms with van der Waals surface area (Å²) in [6, 6.07) is 17.0. The second-order valence-electron chi connectivity index (χ2n) is 7.54. The first-order valence-electron chi connectivity index (χ1n) is 9.74. The third-order valence-corrected chi connectivity index (χ3v) is 7.47. The summed E-state index contributed by atoms with van der Waals surface area (Å²) in [5, 5.41) is 11.2. The Balaban J connectivity index is 1.84. The summed E-state index contributed by atoms with van der Waals surface area (Å²) in [4.78, 5) is 13.9. The van der Waals surface area contributed by atoms with E-state index in [0.29, 0.717) is 16.1 Å². The number of halogens is 2. The molecule has 0 bridgehead atoms. The zero-order valence-corrected chi connectivity index (χ0v) is 18.6. The Morgan fingerprint density at radius 3 is 2.16 bits per heavy atom. The van der Waals surface area contributed by atoms with E-state index in [1.807, 2.05) is 6.92 Å². The average molecular weight is 472 g/mol. The zero-order valence-electron chi connectivity index (χ0n) is 17.0. The molecule has 164 valence electrons. The number of hydrogen-bond donors (Lipinski definition) is 1. The number of nitrogens with zero attached hydrogens (tertiary/aromatic N) is 1. The van der Waals surface area contributed by atoms with Gasteiger partial charge in [-0.25, -0.2) is 12.8 Å². The van der Waals surface area contributed by atoms with Crippen LogP contribution >= 0.6 is 11.6 Å². The van der Waals surface area contributed by atoms with Crippen LogP contribution in [0.4, 0.5) is 4.39 Å². The van der Waals surface area contributed by atoms with Crippen LogP contribution in [0.15, 0.2) is 88.4 Å². The molecule has 1 unspecified atom stereocenters. The highest BCUT2D eigenvalue weighted by molar-refractivity contribution is 7.95. The molecule has 3 aromatic carbocycles. The standard InChI is InChI=1S/C24H19ClFNO4S/c1-15-2-12-20(13-3-15)32(30,31)23-21(17-6-8-18(25)9-7-17)27(24(29)22(23)28)14-16-4-10-19(26)11-5-16/h2-13,21,28H,14H2,1H3. The molecule has 8 heteroatoms. The monoisotopic (exact) mass is 471 g/mol. The molecule has 1 N–H and O–H groups in total. The maximum atomic E-state index is 13.5. The summed E-state index contributed by atoms with van der Waals surface area (Å²) >= 11 is 6.00. The maximum absolute atomic E-state index is 13.5. The Hall–Kier alpha value is -3.16. The fourth-order valence-electron chi connectivity index (χ4n) is 3.67. The van der Waals surface area contributed by atoms with Gasteiger partial charge in [0.1, 0.15) is 10.7 Å². The molecule has 1 heterocycles. The molecule has 5 nitrogen and oxygen atoms in total. The van der Waals surface area contributed by atoms with E-state index in [9.17, 15) is 22.7 Å². The number of rotatable bonds is 5. The van der Waals surface area contributed by atoms with Gasteiger partial charge in [-0.2, -0.15) is 0 Å². The van der Waals surface area contributed by atoms with Crippen molar-refractivity contribution in [2.75, 3.05) is 0 Å². The predicted molar refractivity (Wildman–Crippen MR) is 119 cm³/mol. The molecular weight excluding hydrogens is 453 g/mol. The van der Waals surface area contributed by atoms with E-state index in [2.05, 4.69) is 0 Å². The molecular formula is C24H19ClFNO4S. The Morgan fingerprint density at radius 1 is 0.969 bits per heavy atom. The predicted octanol–water partition coefficient (Wildman–Crippen LogP) is 5.11. The number of aliphatic hydroxyl groups is 1. The van der Waals surface area contributed by atoms with Crippen molar-refractivity contribution in [3.63, 3.8) is 0 Å². The smallest absolute Gasteiger partial charge is 0.290 e. The van der Waals surface area contributed by atoms with E-state index in [0.717, 1.165) is 5.56 Å². The average Bonchev–Trinajstić information content (AvgIpc) is 3.01. The SMILES string of the molecule is Cc1ccc(S(=O)(=O)C2=C(O)C(=O)N(Cc3ccc(F)cc3)C2c2ccc(Cl)cc2)cc1. The van der Waals surface area contributed by atoms with Crippen molar-refractivity contribution in [2.24, 2.45) is 0 Å².